The van der Waals surface area contributed by atoms with Gasteiger partial charge in [0.05, 0.1) is 0 Å². The van der Waals surface area contributed by atoms with Gasteiger partial charge in [-0.3, -0.25) is 0 Å². The number of unbranched alkanes of at least 4 members (excludes halogenated alkanes) is 1. The van der Waals surface area contributed by atoms with Gasteiger partial charge < -0.3 is 5.32 Å². The molecule has 118 valence electrons. The molecule has 1 N–H and O–H groups in total. The molecule has 1 aromatic rings. The SMILES string of the molecule is CCCCC1CCC(C(NC)c2ccc(C)c(F)c2)CC1. The van der Waals surface area contributed by atoms with E-state index in [0.717, 1.165) is 17.0 Å². The molecular weight excluding hydrogens is 261 g/mol. The lowest BCUT2D eigenvalue weighted by Crippen LogP contribution is -2.29. The molecule has 1 saturated carbocycles. The maximum atomic E-state index is 13.8. The van der Waals surface area contributed by atoms with Gasteiger partial charge in [-0.1, -0.05) is 51.2 Å². The molecule has 1 atom stereocenters. The monoisotopic (exact) mass is 291 g/mol. The third kappa shape index (κ3) is 4.29. The highest BCUT2D eigenvalue weighted by Crippen LogP contribution is 2.38. The summed E-state index contributed by atoms with van der Waals surface area (Å²) in [4.78, 5) is 0. The lowest BCUT2D eigenvalue weighted by Gasteiger charge is -2.34. The van der Waals surface area contributed by atoms with Crippen molar-refractivity contribution < 1.29 is 4.39 Å². The van der Waals surface area contributed by atoms with Gasteiger partial charge in [0.2, 0.25) is 0 Å². The van der Waals surface area contributed by atoms with E-state index in [0.29, 0.717) is 12.0 Å². The largest absolute Gasteiger partial charge is 0.313 e. The zero-order chi connectivity index (χ0) is 15.2. The molecule has 1 aliphatic rings. The Morgan fingerprint density at radius 1 is 1.24 bits per heavy atom. The van der Waals surface area contributed by atoms with Gasteiger partial charge in [0.1, 0.15) is 5.82 Å². The van der Waals surface area contributed by atoms with Crippen LogP contribution in [0.25, 0.3) is 0 Å². The number of hydrogen-bond acceptors (Lipinski definition) is 1. The number of nitrogens with one attached hydrogen (secondary N) is 1. The summed E-state index contributed by atoms with van der Waals surface area (Å²) >= 11 is 0. The van der Waals surface area contributed by atoms with Crippen LogP contribution in [0.5, 0.6) is 0 Å². The van der Waals surface area contributed by atoms with Crippen molar-refractivity contribution >= 4 is 0 Å². The lowest BCUT2D eigenvalue weighted by atomic mass is 9.75. The van der Waals surface area contributed by atoms with E-state index in [4.69, 9.17) is 0 Å². The fourth-order valence-corrected chi connectivity index (χ4v) is 3.78. The van der Waals surface area contributed by atoms with Gasteiger partial charge in [-0.25, -0.2) is 4.39 Å². The Hall–Kier alpha value is -0.890. The van der Waals surface area contributed by atoms with Crippen LogP contribution in [0.3, 0.4) is 0 Å². The van der Waals surface area contributed by atoms with E-state index in [2.05, 4.69) is 18.3 Å². The van der Waals surface area contributed by atoms with Gasteiger partial charge in [0.15, 0.2) is 0 Å². The molecule has 2 heteroatoms. The van der Waals surface area contributed by atoms with Crippen LogP contribution in [0.1, 0.15) is 69.0 Å². The van der Waals surface area contributed by atoms with Crippen molar-refractivity contribution in [3.8, 4) is 0 Å². The molecule has 0 amide bonds. The fourth-order valence-electron chi connectivity index (χ4n) is 3.78. The van der Waals surface area contributed by atoms with E-state index < -0.39 is 0 Å². The molecule has 0 radical (unpaired) electrons. The van der Waals surface area contributed by atoms with Crippen molar-refractivity contribution in [3.05, 3.63) is 35.1 Å². The van der Waals surface area contributed by atoms with Crippen molar-refractivity contribution in [2.45, 2.75) is 64.8 Å². The average molecular weight is 291 g/mol. The average Bonchev–Trinajstić information content (AvgIpc) is 2.50. The predicted octanol–water partition coefficient (Wildman–Crippen LogP) is 5.39. The Morgan fingerprint density at radius 3 is 2.52 bits per heavy atom. The summed E-state index contributed by atoms with van der Waals surface area (Å²) in [7, 11) is 2.01. The fraction of sp³-hybridized carbons (Fsp3) is 0.684. The second kappa shape index (κ2) is 7.93. The third-order valence-corrected chi connectivity index (χ3v) is 5.19. The quantitative estimate of drug-likeness (QED) is 0.741. The van der Waals surface area contributed by atoms with Gasteiger partial charge in [-0.05, 0) is 55.8 Å². The van der Waals surface area contributed by atoms with Crippen molar-refractivity contribution in [1.29, 1.82) is 0 Å². The molecule has 0 aromatic heterocycles. The molecule has 0 heterocycles. The number of halogens is 1. The second-order valence-electron chi connectivity index (χ2n) is 6.70. The first-order valence-corrected chi connectivity index (χ1v) is 8.59. The molecule has 2 rings (SSSR count). The molecule has 1 unspecified atom stereocenters. The molecule has 1 aliphatic carbocycles. The molecule has 21 heavy (non-hydrogen) atoms. The molecule has 1 nitrogen and oxygen atoms in total. The highest BCUT2D eigenvalue weighted by Gasteiger charge is 2.27. The number of benzene rings is 1. The Morgan fingerprint density at radius 2 is 1.95 bits per heavy atom. The van der Waals surface area contributed by atoms with Crippen LogP contribution < -0.4 is 5.32 Å². The first-order chi connectivity index (χ1) is 10.2. The van der Waals surface area contributed by atoms with E-state index in [9.17, 15) is 4.39 Å². The first-order valence-electron chi connectivity index (χ1n) is 8.59. The molecule has 0 bridgehead atoms. The molecular formula is C19H30FN. The highest BCUT2D eigenvalue weighted by molar-refractivity contribution is 5.26. The maximum Gasteiger partial charge on any atom is 0.126 e. The van der Waals surface area contributed by atoms with Crippen LogP contribution in [-0.4, -0.2) is 7.05 Å². The standard InChI is InChI=1S/C19H30FN/c1-4-5-6-15-8-11-16(12-9-15)19(21-3)17-10-7-14(2)18(20)13-17/h7,10,13,15-16,19,21H,4-6,8-9,11-12H2,1-3H3. The number of aryl methyl sites for hydroxylation is 1. The van der Waals surface area contributed by atoms with Crippen molar-refractivity contribution in [1.82, 2.24) is 5.32 Å². The zero-order valence-corrected chi connectivity index (χ0v) is 13.8. The van der Waals surface area contributed by atoms with Gasteiger partial charge in [-0.2, -0.15) is 0 Å². The minimum Gasteiger partial charge on any atom is -0.313 e. The summed E-state index contributed by atoms with van der Waals surface area (Å²) in [5, 5.41) is 3.43. The van der Waals surface area contributed by atoms with E-state index in [1.54, 1.807) is 6.07 Å². The maximum absolute atomic E-state index is 13.8. The Labute approximate surface area is 129 Å². The van der Waals surface area contributed by atoms with Crippen LogP contribution in [0, 0.1) is 24.6 Å². The molecule has 0 spiro atoms. The van der Waals surface area contributed by atoms with Crippen LogP contribution in [0.15, 0.2) is 18.2 Å². The summed E-state index contributed by atoms with van der Waals surface area (Å²) in [5.41, 5.74) is 1.84. The van der Waals surface area contributed by atoms with Crippen LogP contribution >= 0.6 is 0 Å². The topological polar surface area (TPSA) is 12.0 Å². The zero-order valence-electron chi connectivity index (χ0n) is 13.8. The van der Waals surface area contributed by atoms with Crippen LogP contribution in [0.2, 0.25) is 0 Å². The minimum absolute atomic E-state index is 0.0793. The van der Waals surface area contributed by atoms with Crippen molar-refractivity contribution in [2.24, 2.45) is 11.8 Å². The van der Waals surface area contributed by atoms with Gasteiger partial charge in [0.25, 0.3) is 0 Å². The summed E-state index contributed by atoms with van der Waals surface area (Å²) in [6, 6.07) is 6.01. The Kier molecular flexibility index (Phi) is 6.22. The number of rotatable bonds is 6. The molecule has 0 aliphatic heterocycles. The normalized spacial score (nSPS) is 24.0. The summed E-state index contributed by atoms with van der Waals surface area (Å²) in [6.07, 6.45) is 9.31. The summed E-state index contributed by atoms with van der Waals surface area (Å²) in [6.45, 7) is 4.10. The van der Waals surface area contributed by atoms with Gasteiger partial charge >= 0.3 is 0 Å². The first kappa shape index (κ1) is 16.5. The van der Waals surface area contributed by atoms with Gasteiger partial charge in [-0.15, -0.1) is 0 Å². The van der Waals surface area contributed by atoms with Crippen molar-refractivity contribution in [2.75, 3.05) is 7.05 Å². The van der Waals surface area contributed by atoms with E-state index >= 15 is 0 Å². The predicted molar refractivity (Wildman–Crippen MR) is 87.9 cm³/mol. The third-order valence-electron chi connectivity index (χ3n) is 5.19. The van der Waals surface area contributed by atoms with E-state index in [1.807, 2.05) is 20.0 Å². The smallest absolute Gasteiger partial charge is 0.126 e. The highest BCUT2D eigenvalue weighted by atomic mass is 19.1. The van der Waals surface area contributed by atoms with E-state index in [1.165, 1.54) is 44.9 Å². The van der Waals surface area contributed by atoms with Crippen LogP contribution in [0.4, 0.5) is 4.39 Å². The van der Waals surface area contributed by atoms with E-state index in [-0.39, 0.29) is 5.82 Å². The summed E-state index contributed by atoms with van der Waals surface area (Å²) < 4.78 is 13.8. The second-order valence-corrected chi connectivity index (χ2v) is 6.70. The van der Waals surface area contributed by atoms with Crippen molar-refractivity contribution in [3.63, 3.8) is 0 Å². The molecule has 0 saturated heterocycles. The molecule has 1 aromatic carbocycles. The molecule has 1 fully saturated rings. The van der Waals surface area contributed by atoms with Crippen LogP contribution in [-0.2, 0) is 0 Å². The lowest BCUT2D eigenvalue weighted by molar-refractivity contribution is 0.218. The minimum atomic E-state index is -0.0793. The Balaban J connectivity index is 1.97. The summed E-state index contributed by atoms with van der Waals surface area (Å²) in [5.74, 6) is 1.49. The Bertz CT molecular complexity index is 435. The van der Waals surface area contributed by atoms with Gasteiger partial charge in [0, 0.05) is 6.04 Å². The number of hydrogen-bond donors (Lipinski definition) is 1.